The quantitative estimate of drug-likeness (QED) is 0.845. The molecule has 1 aliphatic carbocycles. The van der Waals surface area contributed by atoms with Gasteiger partial charge in [-0.25, -0.2) is 4.39 Å². The molecule has 0 aromatic heterocycles. The van der Waals surface area contributed by atoms with Gasteiger partial charge >= 0.3 is 0 Å². The van der Waals surface area contributed by atoms with Crippen molar-refractivity contribution in [1.82, 2.24) is 0 Å². The summed E-state index contributed by atoms with van der Waals surface area (Å²) in [5.41, 5.74) is 1.04. The van der Waals surface area contributed by atoms with Gasteiger partial charge in [0.05, 0.1) is 12.7 Å². The van der Waals surface area contributed by atoms with Crippen molar-refractivity contribution >= 4 is 5.69 Å². The molecule has 1 unspecified atom stereocenters. The second-order valence-electron chi connectivity index (χ2n) is 4.85. The maximum absolute atomic E-state index is 13.8. The minimum Gasteiger partial charge on any atom is -0.395 e. The Labute approximate surface area is 107 Å². The molecule has 1 aliphatic rings. The van der Waals surface area contributed by atoms with Crippen molar-refractivity contribution in [2.24, 2.45) is 0 Å². The van der Waals surface area contributed by atoms with Crippen LogP contribution >= 0.6 is 0 Å². The molecule has 0 aliphatic heterocycles. The normalized spacial score (nSPS) is 17.3. The summed E-state index contributed by atoms with van der Waals surface area (Å²) in [6, 6.07) is 5.19. The standard InChI is InChI=1S/C14H20FNO2/c1-10(18)14-12(15)6-3-7-13(14)16(8-9-17)11-4-2-5-11/h3,6-7,10-11,17-18H,2,4-5,8-9H2,1H3. The van der Waals surface area contributed by atoms with Crippen molar-refractivity contribution in [2.75, 3.05) is 18.1 Å². The number of nitrogens with zero attached hydrogens (tertiary/aromatic N) is 1. The van der Waals surface area contributed by atoms with Crippen molar-refractivity contribution in [3.05, 3.63) is 29.6 Å². The summed E-state index contributed by atoms with van der Waals surface area (Å²) in [7, 11) is 0. The summed E-state index contributed by atoms with van der Waals surface area (Å²) >= 11 is 0. The highest BCUT2D eigenvalue weighted by Crippen LogP contribution is 2.34. The van der Waals surface area contributed by atoms with Crippen molar-refractivity contribution < 1.29 is 14.6 Å². The zero-order valence-electron chi connectivity index (χ0n) is 10.6. The van der Waals surface area contributed by atoms with Crippen LogP contribution in [0.2, 0.25) is 0 Å². The van der Waals surface area contributed by atoms with Crippen LogP contribution in [-0.2, 0) is 0 Å². The molecule has 0 radical (unpaired) electrons. The third kappa shape index (κ3) is 2.49. The van der Waals surface area contributed by atoms with E-state index >= 15 is 0 Å². The monoisotopic (exact) mass is 253 g/mol. The van der Waals surface area contributed by atoms with Gasteiger partial charge in [-0.3, -0.25) is 0 Å². The van der Waals surface area contributed by atoms with E-state index in [2.05, 4.69) is 0 Å². The number of hydrogen-bond donors (Lipinski definition) is 2. The Morgan fingerprint density at radius 2 is 2.17 bits per heavy atom. The van der Waals surface area contributed by atoms with Crippen molar-refractivity contribution in [1.29, 1.82) is 0 Å². The predicted molar refractivity (Wildman–Crippen MR) is 69.1 cm³/mol. The fraction of sp³-hybridized carbons (Fsp3) is 0.571. The lowest BCUT2D eigenvalue weighted by Crippen LogP contribution is -2.42. The Kier molecular flexibility index (Phi) is 4.19. The topological polar surface area (TPSA) is 43.7 Å². The van der Waals surface area contributed by atoms with Crippen LogP contribution in [-0.4, -0.2) is 29.4 Å². The molecule has 3 nitrogen and oxygen atoms in total. The van der Waals surface area contributed by atoms with Crippen LogP contribution in [0.15, 0.2) is 18.2 Å². The van der Waals surface area contributed by atoms with Gasteiger partial charge in [0.2, 0.25) is 0 Å². The van der Waals surface area contributed by atoms with Crippen LogP contribution in [0.4, 0.5) is 10.1 Å². The highest BCUT2D eigenvalue weighted by molar-refractivity contribution is 5.56. The highest BCUT2D eigenvalue weighted by atomic mass is 19.1. The summed E-state index contributed by atoms with van der Waals surface area (Å²) in [4.78, 5) is 2.02. The molecule has 0 amide bonds. The predicted octanol–water partition coefficient (Wildman–Crippen LogP) is 2.23. The lowest BCUT2D eigenvalue weighted by molar-refractivity contribution is 0.193. The zero-order valence-corrected chi connectivity index (χ0v) is 10.6. The Morgan fingerprint density at radius 1 is 1.44 bits per heavy atom. The summed E-state index contributed by atoms with van der Waals surface area (Å²) in [5.74, 6) is -0.384. The minimum atomic E-state index is -0.845. The van der Waals surface area contributed by atoms with E-state index < -0.39 is 6.10 Å². The van der Waals surface area contributed by atoms with Gasteiger partial charge < -0.3 is 15.1 Å². The average Bonchev–Trinajstić information content (AvgIpc) is 2.25. The third-order valence-electron chi connectivity index (χ3n) is 3.61. The van der Waals surface area contributed by atoms with E-state index in [1.165, 1.54) is 12.5 Å². The lowest BCUT2D eigenvalue weighted by atomic mass is 9.90. The summed E-state index contributed by atoms with van der Waals surface area (Å²) in [6.45, 7) is 2.08. The van der Waals surface area contributed by atoms with Crippen molar-refractivity contribution in [2.45, 2.75) is 38.3 Å². The first-order chi connectivity index (χ1) is 8.65. The van der Waals surface area contributed by atoms with Gasteiger partial charge in [0.15, 0.2) is 0 Å². The SMILES string of the molecule is CC(O)c1c(F)cccc1N(CCO)C1CCC1. The molecule has 2 rings (SSSR count). The first-order valence-corrected chi connectivity index (χ1v) is 6.49. The Balaban J connectivity index is 2.36. The number of halogens is 1. The number of aliphatic hydroxyl groups excluding tert-OH is 2. The van der Waals surface area contributed by atoms with Crippen LogP contribution < -0.4 is 4.90 Å². The zero-order chi connectivity index (χ0) is 13.1. The lowest BCUT2D eigenvalue weighted by Gasteiger charge is -2.40. The molecule has 0 bridgehead atoms. The molecule has 1 fully saturated rings. The average molecular weight is 253 g/mol. The van der Waals surface area contributed by atoms with Crippen LogP contribution in [0, 0.1) is 5.82 Å². The molecule has 2 N–H and O–H groups in total. The molecule has 1 aromatic rings. The van der Waals surface area contributed by atoms with E-state index in [1.54, 1.807) is 13.0 Å². The molecule has 1 atom stereocenters. The van der Waals surface area contributed by atoms with E-state index in [-0.39, 0.29) is 12.4 Å². The molecule has 0 saturated heterocycles. The minimum absolute atomic E-state index is 0.0340. The van der Waals surface area contributed by atoms with Gasteiger partial charge in [-0.2, -0.15) is 0 Å². The fourth-order valence-corrected chi connectivity index (χ4v) is 2.50. The van der Waals surface area contributed by atoms with Crippen LogP contribution in [0.3, 0.4) is 0 Å². The molecule has 18 heavy (non-hydrogen) atoms. The molecule has 4 heteroatoms. The number of anilines is 1. The fourth-order valence-electron chi connectivity index (χ4n) is 2.50. The maximum Gasteiger partial charge on any atom is 0.131 e. The number of rotatable bonds is 5. The number of benzene rings is 1. The second kappa shape index (κ2) is 5.67. The Bertz CT molecular complexity index is 405. The summed E-state index contributed by atoms with van der Waals surface area (Å²) < 4.78 is 13.8. The van der Waals surface area contributed by atoms with Crippen LogP contribution in [0.1, 0.15) is 37.9 Å². The van der Waals surface area contributed by atoms with Gasteiger partial charge in [-0.15, -0.1) is 0 Å². The first-order valence-electron chi connectivity index (χ1n) is 6.49. The Hall–Kier alpha value is -1.13. The summed E-state index contributed by atoms with van der Waals surface area (Å²) in [6.07, 6.45) is 2.46. The van der Waals surface area contributed by atoms with E-state index in [9.17, 15) is 9.50 Å². The van der Waals surface area contributed by atoms with Crippen molar-refractivity contribution in [3.63, 3.8) is 0 Å². The third-order valence-corrected chi connectivity index (χ3v) is 3.61. The van der Waals surface area contributed by atoms with Crippen molar-refractivity contribution in [3.8, 4) is 0 Å². The van der Waals surface area contributed by atoms with E-state index in [1.807, 2.05) is 11.0 Å². The van der Waals surface area contributed by atoms with Crippen LogP contribution in [0.5, 0.6) is 0 Å². The van der Waals surface area contributed by atoms with E-state index in [4.69, 9.17) is 5.11 Å². The molecule has 1 aromatic carbocycles. The van der Waals surface area contributed by atoms with Gasteiger partial charge in [0, 0.05) is 23.8 Å². The molecule has 0 heterocycles. The number of hydrogen-bond acceptors (Lipinski definition) is 3. The maximum atomic E-state index is 13.8. The largest absolute Gasteiger partial charge is 0.395 e. The van der Waals surface area contributed by atoms with E-state index in [0.717, 1.165) is 12.8 Å². The molecule has 0 spiro atoms. The molecular weight excluding hydrogens is 233 g/mol. The number of aliphatic hydroxyl groups is 2. The van der Waals surface area contributed by atoms with Gasteiger partial charge in [-0.1, -0.05) is 6.07 Å². The Morgan fingerprint density at radius 3 is 2.67 bits per heavy atom. The smallest absolute Gasteiger partial charge is 0.131 e. The molecular formula is C14H20FNO2. The first kappa shape index (κ1) is 13.3. The highest BCUT2D eigenvalue weighted by Gasteiger charge is 2.28. The van der Waals surface area contributed by atoms with Gasteiger partial charge in [0.25, 0.3) is 0 Å². The van der Waals surface area contributed by atoms with Gasteiger partial charge in [-0.05, 0) is 38.3 Å². The summed E-state index contributed by atoms with van der Waals surface area (Å²) in [5, 5.41) is 18.9. The second-order valence-corrected chi connectivity index (χ2v) is 4.85. The molecule has 100 valence electrons. The molecule has 1 saturated carbocycles. The van der Waals surface area contributed by atoms with Gasteiger partial charge in [0.1, 0.15) is 5.82 Å². The van der Waals surface area contributed by atoms with E-state index in [0.29, 0.717) is 23.8 Å². The van der Waals surface area contributed by atoms with Crippen LogP contribution in [0.25, 0.3) is 0 Å².